The van der Waals surface area contributed by atoms with E-state index in [1.807, 2.05) is 7.05 Å². The number of thioether (sulfide) groups is 1. The first-order valence-corrected chi connectivity index (χ1v) is 5.30. The van der Waals surface area contributed by atoms with E-state index in [0.717, 1.165) is 10.1 Å². The second kappa shape index (κ2) is 5.47. The Morgan fingerprint density at radius 3 is 3.17 bits per heavy atom. The molecule has 0 aliphatic heterocycles. The average molecular weight is 205 g/mol. The molecule has 6 heteroatoms. The van der Waals surface area contributed by atoms with E-state index in [1.54, 1.807) is 18.1 Å². The molecule has 1 heterocycles. The molecule has 0 amide bonds. The molecular formula is C6H11N3OS2. The van der Waals surface area contributed by atoms with Crippen molar-refractivity contribution in [1.29, 1.82) is 0 Å². The molecule has 0 saturated heterocycles. The van der Waals surface area contributed by atoms with E-state index in [9.17, 15) is 0 Å². The summed E-state index contributed by atoms with van der Waals surface area (Å²) >= 11 is 2.99. The van der Waals surface area contributed by atoms with Gasteiger partial charge in [-0.3, -0.25) is 0 Å². The van der Waals surface area contributed by atoms with Crippen LogP contribution in [0, 0.1) is 0 Å². The number of aliphatic hydroxyl groups excluding tert-OH is 1. The molecule has 12 heavy (non-hydrogen) atoms. The number of hydrogen-bond acceptors (Lipinski definition) is 6. The molecule has 1 aromatic rings. The zero-order valence-corrected chi connectivity index (χ0v) is 8.36. The van der Waals surface area contributed by atoms with Crippen LogP contribution in [0.4, 0.5) is 0 Å². The molecule has 0 radical (unpaired) electrons. The lowest BCUT2D eigenvalue weighted by molar-refractivity contribution is 0.260. The van der Waals surface area contributed by atoms with E-state index < -0.39 is 0 Å². The zero-order valence-electron chi connectivity index (χ0n) is 6.73. The van der Waals surface area contributed by atoms with Crippen LogP contribution in [0.15, 0.2) is 10.7 Å². The summed E-state index contributed by atoms with van der Waals surface area (Å²) in [5, 5.41) is 11.8. The lowest BCUT2D eigenvalue weighted by Crippen LogP contribution is -2.31. The fraction of sp³-hybridized carbons (Fsp3) is 0.667. The highest BCUT2D eigenvalue weighted by atomic mass is 32.2. The van der Waals surface area contributed by atoms with Crippen LogP contribution in [0.2, 0.25) is 0 Å². The van der Waals surface area contributed by atoms with E-state index in [4.69, 9.17) is 5.11 Å². The summed E-state index contributed by atoms with van der Waals surface area (Å²) in [6.07, 6.45) is 1.54. The number of aromatic nitrogens is 2. The zero-order chi connectivity index (χ0) is 8.81. The predicted molar refractivity (Wildman–Crippen MR) is 50.6 cm³/mol. The van der Waals surface area contributed by atoms with Gasteiger partial charge in [-0.1, -0.05) is 11.8 Å². The van der Waals surface area contributed by atoms with Crippen LogP contribution in [0.3, 0.4) is 0 Å². The lowest BCUT2D eigenvalue weighted by Gasteiger charge is -2.10. The SMILES string of the molecule is CNC(CO)CSc1ncns1. The maximum absolute atomic E-state index is 8.85. The van der Waals surface area contributed by atoms with Crippen LogP contribution in [-0.4, -0.2) is 39.9 Å². The highest BCUT2D eigenvalue weighted by Crippen LogP contribution is 2.18. The van der Waals surface area contributed by atoms with Gasteiger partial charge in [-0.15, -0.1) is 0 Å². The summed E-state index contributed by atoms with van der Waals surface area (Å²) in [5.74, 6) is 0.822. The third kappa shape index (κ3) is 3.06. The number of hydrogen-bond donors (Lipinski definition) is 2. The van der Waals surface area contributed by atoms with E-state index >= 15 is 0 Å². The van der Waals surface area contributed by atoms with Crippen LogP contribution in [0.1, 0.15) is 0 Å². The van der Waals surface area contributed by atoms with Gasteiger partial charge in [-0.25, -0.2) is 4.98 Å². The summed E-state index contributed by atoms with van der Waals surface area (Å²) in [6.45, 7) is 0.155. The van der Waals surface area contributed by atoms with Crippen LogP contribution in [0.5, 0.6) is 0 Å². The van der Waals surface area contributed by atoms with Gasteiger partial charge in [0.25, 0.3) is 0 Å². The molecule has 0 aliphatic rings. The monoisotopic (exact) mass is 205 g/mol. The highest BCUT2D eigenvalue weighted by molar-refractivity contribution is 8.00. The minimum absolute atomic E-state index is 0.138. The Kier molecular flexibility index (Phi) is 4.52. The molecule has 0 aliphatic carbocycles. The Morgan fingerprint density at radius 2 is 2.67 bits per heavy atom. The molecular weight excluding hydrogens is 194 g/mol. The molecule has 0 fully saturated rings. The van der Waals surface area contributed by atoms with Crippen LogP contribution in [0.25, 0.3) is 0 Å². The largest absolute Gasteiger partial charge is 0.395 e. The lowest BCUT2D eigenvalue weighted by atomic mass is 10.4. The summed E-state index contributed by atoms with van der Waals surface area (Å²) in [6, 6.07) is 0.138. The Labute approximate surface area is 79.6 Å². The number of nitrogens with one attached hydrogen (secondary N) is 1. The van der Waals surface area contributed by atoms with Crippen LogP contribution in [-0.2, 0) is 0 Å². The van der Waals surface area contributed by atoms with Crippen molar-refractivity contribution in [2.24, 2.45) is 0 Å². The molecule has 1 atom stereocenters. The molecule has 68 valence electrons. The smallest absolute Gasteiger partial charge is 0.169 e. The molecule has 1 rings (SSSR count). The Bertz CT molecular complexity index is 201. The quantitative estimate of drug-likeness (QED) is 0.673. The van der Waals surface area contributed by atoms with E-state index in [-0.39, 0.29) is 12.6 Å². The van der Waals surface area contributed by atoms with Crippen molar-refractivity contribution in [2.45, 2.75) is 10.4 Å². The maximum Gasteiger partial charge on any atom is 0.169 e. The van der Waals surface area contributed by atoms with E-state index in [0.29, 0.717) is 0 Å². The minimum atomic E-state index is 0.138. The van der Waals surface area contributed by atoms with Gasteiger partial charge >= 0.3 is 0 Å². The standard InChI is InChI=1S/C6H11N3OS2/c1-7-5(2-10)3-11-6-8-4-9-12-6/h4-5,7,10H,2-3H2,1H3. The highest BCUT2D eigenvalue weighted by Gasteiger charge is 2.05. The van der Waals surface area contributed by atoms with Crippen molar-refractivity contribution in [2.75, 3.05) is 19.4 Å². The number of likely N-dealkylation sites (N-methyl/N-ethyl adjacent to an activating group) is 1. The van der Waals surface area contributed by atoms with Crippen molar-refractivity contribution in [1.82, 2.24) is 14.7 Å². The maximum atomic E-state index is 8.85. The van der Waals surface area contributed by atoms with Gasteiger partial charge < -0.3 is 10.4 Å². The Balaban J connectivity index is 2.25. The number of rotatable bonds is 5. The summed E-state index contributed by atoms with van der Waals surface area (Å²) in [4.78, 5) is 4.02. The summed E-state index contributed by atoms with van der Waals surface area (Å²) in [5.41, 5.74) is 0. The number of nitrogens with zero attached hydrogens (tertiary/aromatic N) is 2. The van der Waals surface area contributed by atoms with Gasteiger partial charge in [0, 0.05) is 11.8 Å². The second-order valence-corrected chi connectivity index (χ2v) is 4.23. The van der Waals surface area contributed by atoms with Gasteiger partial charge in [0.15, 0.2) is 4.34 Å². The van der Waals surface area contributed by atoms with Crippen LogP contribution >= 0.6 is 23.3 Å². The first-order valence-electron chi connectivity index (χ1n) is 3.54. The average Bonchev–Trinajstić information content (AvgIpc) is 2.59. The molecule has 1 unspecified atom stereocenters. The van der Waals surface area contributed by atoms with Crippen molar-refractivity contribution in [3.05, 3.63) is 6.33 Å². The topological polar surface area (TPSA) is 58.0 Å². The number of aliphatic hydroxyl groups is 1. The normalized spacial score (nSPS) is 13.2. The van der Waals surface area contributed by atoms with Gasteiger partial charge in [0.2, 0.25) is 0 Å². The van der Waals surface area contributed by atoms with Gasteiger partial charge in [0.1, 0.15) is 6.33 Å². The summed E-state index contributed by atoms with van der Waals surface area (Å²) < 4.78 is 4.83. The molecule has 2 N–H and O–H groups in total. The first-order chi connectivity index (χ1) is 5.86. The van der Waals surface area contributed by atoms with Crippen molar-refractivity contribution in [3.63, 3.8) is 0 Å². The van der Waals surface area contributed by atoms with Gasteiger partial charge in [0.05, 0.1) is 6.61 Å². The van der Waals surface area contributed by atoms with Crippen LogP contribution < -0.4 is 5.32 Å². The fourth-order valence-electron chi connectivity index (χ4n) is 0.626. The third-order valence-electron chi connectivity index (χ3n) is 1.38. The third-order valence-corrected chi connectivity index (χ3v) is 3.34. The molecule has 0 saturated carbocycles. The molecule has 4 nitrogen and oxygen atoms in total. The Morgan fingerprint density at radius 1 is 1.83 bits per heavy atom. The van der Waals surface area contributed by atoms with Gasteiger partial charge in [-0.05, 0) is 18.6 Å². The van der Waals surface area contributed by atoms with Gasteiger partial charge in [-0.2, -0.15) is 4.37 Å². The van der Waals surface area contributed by atoms with Crippen molar-refractivity contribution < 1.29 is 5.11 Å². The summed E-state index contributed by atoms with van der Waals surface area (Å²) in [7, 11) is 1.83. The molecule has 0 bridgehead atoms. The Hall–Kier alpha value is -0.170. The minimum Gasteiger partial charge on any atom is -0.395 e. The first kappa shape index (κ1) is 9.91. The van der Waals surface area contributed by atoms with Crippen molar-refractivity contribution in [3.8, 4) is 0 Å². The fourth-order valence-corrected chi connectivity index (χ4v) is 2.19. The van der Waals surface area contributed by atoms with E-state index in [1.165, 1.54) is 11.5 Å². The van der Waals surface area contributed by atoms with E-state index in [2.05, 4.69) is 14.7 Å². The van der Waals surface area contributed by atoms with Crippen molar-refractivity contribution >= 4 is 23.3 Å². The molecule has 1 aromatic heterocycles. The predicted octanol–water partition coefficient (Wildman–Crippen LogP) is 0.210. The molecule has 0 aromatic carbocycles. The second-order valence-electron chi connectivity index (χ2n) is 2.19. The molecule has 0 spiro atoms.